The number of sulfonamides is 1. The van der Waals surface area contributed by atoms with Gasteiger partial charge < -0.3 is 9.72 Å². The molecule has 0 saturated carbocycles. The molecule has 2 heterocycles. The molecule has 5 nitrogen and oxygen atoms in total. The van der Waals surface area contributed by atoms with Crippen molar-refractivity contribution >= 4 is 21.8 Å². The van der Waals surface area contributed by atoms with Crippen molar-refractivity contribution in [3.8, 4) is 17.0 Å². The van der Waals surface area contributed by atoms with E-state index in [4.69, 9.17) is 4.74 Å². The van der Waals surface area contributed by atoms with Gasteiger partial charge in [-0.15, -0.1) is 0 Å². The Morgan fingerprint density at radius 1 is 1.23 bits per heavy atom. The monoisotopic (exact) mass is 338 g/mol. The van der Waals surface area contributed by atoms with E-state index in [1.165, 1.54) is 0 Å². The molecular weight excluding hydrogens is 320 g/mol. The molecule has 0 spiro atoms. The Morgan fingerprint density at radius 2 is 2.00 bits per heavy atom. The van der Waals surface area contributed by atoms with Crippen LogP contribution in [0.15, 0.2) is 41.4 Å². The van der Waals surface area contributed by atoms with E-state index in [1.807, 2.05) is 12.1 Å². The largest absolute Gasteiger partial charge is 0.496 e. The summed E-state index contributed by atoms with van der Waals surface area (Å²) in [5, 5.41) is 0. The fraction of sp³-hybridized carbons (Fsp3) is 0.333. The molecule has 2 aromatic rings. The molecule has 1 fully saturated rings. The van der Waals surface area contributed by atoms with E-state index in [0.29, 0.717) is 23.7 Å². The standard InChI is InChI=1S/C15H18N2O3S2/c1-20-15-5-4-12(11-13(15)14-3-2-6-16-14)22(18,19)17-7-9-21-10-8-17/h2-6,11,16H,7-10H2,1H3. The van der Waals surface area contributed by atoms with Crippen LogP contribution in [0.3, 0.4) is 0 Å². The molecule has 118 valence electrons. The lowest BCUT2D eigenvalue weighted by molar-refractivity contribution is 0.415. The van der Waals surface area contributed by atoms with Crippen molar-refractivity contribution in [2.24, 2.45) is 0 Å². The summed E-state index contributed by atoms with van der Waals surface area (Å²) in [7, 11) is -1.87. The maximum atomic E-state index is 12.8. The Bertz CT molecular complexity index is 736. The van der Waals surface area contributed by atoms with Crippen molar-refractivity contribution in [2.75, 3.05) is 31.7 Å². The van der Waals surface area contributed by atoms with Gasteiger partial charge in [0.1, 0.15) is 5.75 Å². The van der Waals surface area contributed by atoms with Crippen LogP contribution in [0.2, 0.25) is 0 Å². The van der Waals surface area contributed by atoms with Crippen LogP contribution in [0.25, 0.3) is 11.3 Å². The van der Waals surface area contributed by atoms with E-state index in [2.05, 4.69) is 4.98 Å². The number of H-pyrrole nitrogens is 1. The normalized spacial score (nSPS) is 16.6. The Labute approximate surface area is 134 Å². The molecule has 1 aromatic heterocycles. The highest BCUT2D eigenvalue weighted by Crippen LogP contribution is 2.32. The van der Waals surface area contributed by atoms with Gasteiger partial charge in [-0.25, -0.2) is 8.42 Å². The summed E-state index contributed by atoms with van der Waals surface area (Å²) < 4.78 is 32.5. The Morgan fingerprint density at radius 3 is 2.64 bits per heavy atom. The average Bonchev–Trinajstić information content (AvgIpc) is 3.09. The lowest BCUT2D eigenvalue weighted by Gasteiger charge is -2.26. The fourth-order valence-electron chi connectivity index (χ4n) is 2.49. The second kappa shape index (κ2) is 6.36. The number of aromatic nitrogens is 1. The summed E-state index contributed by atoms with van der Waals surface area (Å²) in [5.41, 5.74) is 1.59. The van der Waals surface area contributed by atoms with Crippen molar-refractivity contribution in [3.63, 3.8) is 0 Å². The molecule has 0 unspecified atom stereocenters. The van der Waals surface area contributed by atoms with Crippen LogP contribution < -0.4 is 4.74 Å². The maximum Gasteiger partial charge on any atom is 0.243 e. The van der Waals surface area contributed by atoms with Crippen LogP contribution in [0.4, 0.5) is 0 Å². The molecule has 1 saturated heterocycles. The predicted molar refractivity (Wildman–Crippen MR) is 88.9 cm³/mol. The molecule has 0 bridgehead atoms. The molecule has 7 heteroatoms. The molecule has 3 rings (SSSR count). The SMILES string of the molecule is COc1ccc(S(=O)(=O)N2CCSCC2)cc1-c1ccc[nH]1. The molecule has 1 aliphatic heterocycles. The van der Waals surface area contributed by atoms with Crippen LogP contribution in [0, 0.1) is 0 Å². The zero-order valence-corrected chi connectivity index (χ0v) is 13.9. The van der Waals surface area contributed by atoms with E-state index in [0.717, 1.165) is 22.8 Å². The van der Waals surface area contributed by atoms with Crippen molar-refractivity contribution in [1.82, 2.24) is 9.29 Å². The molecule has 1 aliphatic rings. The highest BCUT2D eigenvalue weighted by molar-refractivity contribution is 7.99. The summed E-state index contributed by atoms with van der Waals surface area (Å²) in [6.07, 6.45) is 1.80. The van der Waals surface area contributed by atoms with Gasteiger partial charge in [-0.1, -0.05) is 0 Å². The Balaban J connectivity index is 2.03. The van der Waals surface area contributed by atoms with E-state index >= 15 is 0 Å². The number of hydrogen-bond acceptors (Lipinski definition) is 4. The van der Waals surface area contributed by atoms with E-state index in [9.17, 15) is 8.42 Å². The van der Waals surface area contributed by atoms with Crippen LogP contribution in [0.1, 0.15) is 0 Å². The van der Waals surface area contributed by atoms with E-state index < -0.39 is 10.0 Å². The molecule has 0 aliphatic carbocycles. The predicted octanol–water partition coefficient (Wildman–Crippen LogP) is 2.43. The number of methoxy groups -OCH3 is 1. The van der Waals surface area contributed by atoms with Gasteiger partial charge in [-0.05, 0) is 30.3 Å². The van der Waals surface area contributed by atoms with Gasteiger partial charge in [0, 0.05) is 42.0 Å². The Kier molecular flexibility index (Phi) is 4.46. The summed E-state index contributed by atoms with van der Waals surface area (Å²) >= 11 is 1.79. The lowest BCUT2D eigenvalue weighted by atomic mass is 10.1. The number of aromatic amines is 1. The first kappa shape index (κ1) is 15.5. The third-order valence-electron chi connectivity index (χ3n) is 3.67. The van der Waals surface area contributed by atoms with Crippen molar-refractivity contribution in [1.29, 1.82) is 0 Å². The minimum absolute atomic E-state index is 0.310. The van der Waals surface area contributed by atoms with Crippen LogP contribution in [-0.4, -0.2) is 49.4 Å². The summed E-state index contributed by atoms with van der Waals surface area (Å²) in [5.74, 6) is 2.34. The number of benzene rings is 1. The number of rotatable bonds is 4. The summed E-state index contributed by atoms with van der Waals surface area (Å²) in [6.45, 7) is 1.13. The highest BCUT2D eigenvalue weighted by Gasteiger charge is 2.27. The van der Waals surface area contributed by atoms with Gasteiger partial charge in [-0.3, -0.25) is 0 Å². The second-order valence-corrected chi connectivity index (χ2v) is 8.13. The number of nitrogens with zero attached hydrogens (tertiary/aromatic N) is 1. The second-order valence-electron chi connectivity index (χ2n) is 4.96. The number of thioether (sulfide) groups is 1. The minimum atomic E-state index is -3.45. The average molecular weight is 338 g/mol. The van der Waals surface area contributed by atoms with Crippen LogP contribution in [0.5, 0.6) is 5.75 Å². The molecular formula is C15H18N2O3S2. The third kappa shape index (κ3) is 2.88. The van der Waals surface area contributed by atoms with Gasteiger partial charge in [-0.2, -0.15) is 16.1 Å². The fourth-order valence-corrected chi connectivity index (χ4v) is 5.09. The van der Waals surface area contributed by atoms with Gasteiger partial charge >= 0.3 is 0 Å². The van der Waals surface area contributed by atoms with Crippen molar-refractivity contribution in [3.05, 3.63) is 36.5 Å². The molecule has 0 amide bonds. The summed E-state index contributed by atoms with van der Waals surface area (Å²) in [4.78, 5) is 3.40. The third-order valence-corrected chi connectivity index (χ3v) is 6.50. The lowest BCUT2D eigenvalue weighted by Crippen LogP contribution is -2.37. The van der Waals surface area contributed by atoms with Gasteiger partial charge in [0.25, 0.3) is 0 Å². The topological polar surface area (TPSA) is 62.4 Å². The first-order chi connectivity index (χ1) is 10.6. The number of nitrogens with one attached hydrogen (secondary N) is 1. The van der Waals surface area contributed by atoms with Crippen LogP contribution >= 0.6 is 11.8 Å². The molecule has 1 aromatic carbocycles. The van der Waals surface area contributed by atoms with E-state index in [1.54, 1.807) is 47.6 Å². The first-order valence-corrected chi connectivity index (χ1v) is 9.62. The molecule has 0 atom stereocenters. The van der Waals surface area contributed by atoms with Crippen LogP contribution in [-0.2, 0) is 10.0 Å². The number of ether oxygens (including phenoxy) is 1. The molecule has 0 radical (unpaired) electrons. The summed E-state index contributed by atoms with van der Waals surface area (Å²) in [6, 6.07) is 8.77. The highest BCUT2D eigenvalue weighted by atomic mass is 32.2. The van der Waals surface area contributed by atoms with Crippen molar-refractivity contribution in [2.45, 2.75) is 4.90 Å². The first-order valence-electron chi connectivity index (χ1n) is 7.02. The maximum absolute atomic E-state index is 12.8. The molecule has 1 N–H and O–H groups in total. The Hall–Kier alpha value is -1.44. The smallest absolute Gasteiger partial charge is 0.243 e. The van der Waals surface area contributed by atoms with Gasteiger partial charge in [0.2, 0.25) is 10.0 Å². The zero-order valence-electron chi connectivity index (χ0n) is 12.3. The van der Waals surface area contributed by atoms with E-state index in [-0.39, 0.29) is 0 Å². The van der Waals surface area contributed by atoms with Gasteiger partial charge in [0.05, 0.1) is 12.0 Å². The number of hydrogen-bond donors (Lipinski definition) is 1. The quantitative estimate of drug-likeness (QED) is 0.930. The van der Waals surface area contributed by atoms with Crippen molar-refractivity contribution < 1.29 is 13.2 Å². The molecule has 22 heavy (non-hydrogen) atoms. The minimum Gasteiger partial charge on any atom is -0.496 e. The van der Waals surface area contributed by atoms with Gasteiger partial charge in [0.15, 0.2) is 0 Å². The zero-order chi connectivity index (χ0) is 15.6.